The summed E-state index contributed by atoms with van der Waals surface area (Å²) in [7, 11) is 7.01. The number of likely N-dealkylation sites (N-methyl/N-ethyl adjacent to an activating group) is 2. The summed E-state index contributed by atoms with van der Waals surface area (Å²) < 4.78 is 18.2. The highest BCUT2D eigenvalue weighted by Crippen LogP contribution is 2.29. The van der Waals surface area contributed by atoms with Crippen LogP contribution in [0.1, 0.15) is 78.4 Å². The number of nitrogens with one attached hydrogen (secondary N) is 2. The van der Waals surface area contributed by atoms with Gasteiger partial charge in [-0.25, -0.2) is 4.79 Å². The molecule has 1 heterocycles. The molecule has 1 unspecified atom stereocenters. The van der Waals surface area contributed by atoms with E-state index in [-0.39, 0.29) is 74.0 Å². The van der Waals surface area contributed by atoms with Crippen LogP contribution in [0, 0.1) is 17.8 Å². The van der Waals surface area contributed by atoms with E-state index < -0.39 is 36.0 Å². The smallest absolute Gasteiger partial charge is 0.326 e. The standard InChI is InChI=1S/C48H76N6O8/c1-12-33(6)44(53(9)30-62-29-39(31(2)3)51-47(57)43(32(4)5)52(8)26-24-35-20-22-37(49)23-21-35)41(60-10)28-42(55)54-25-16-19-40(54)45(61-11)34(7)46(56)50-38(48(58)59)27-36-17-14-13-15-18-36/h13-15,17-18,20-23,31-32,34,38-41,43-45H,6,12,16,19,24-30,49H2,1-5,7-11H3,(H,50,56)(H,51,57)(H,58,59)/t34-,38+,39-,40?,41-,43+,44+,45-/m1/s1. The first-order chi connectivity index (χ1) is 29.4. The molecular formula is C48H76N6O8. The number of rotatable bonds is 27. The zero-order chi connectivity index (χ0) is 46.1. The van der Waals surface area contributed by atoms with E-state index in [1.807, 2.05) is 80.5 Å². The maximum atomic E-state index is 14.2. The van der Waals surface area contributed by atoms with Crippen molar-refractivity contribution in [3.05, 3.63) is 77.9 Å². The average Bonchev–Trinajstić information content (AvgIpc) is 3.72. The summed E-state index contributed by atoms with van der Waals surface area (Å²) in [6.07, 6.45) is 1.80. The number of benzene rings is 2. The molecule has 0 aromatic heterocycles. The van der Waals surface area contributed by atoms with Gasteiger partial charge in [-0.15, -0.1) is 0 Å². The van der Waals surface area contributed by atoms with Gasteiger partial charge in [0.2, 0.25) is 17.7 Å². The summed E-state index contributed by atoms with van der Waals surface area (Å²) in [6, 6.07) is 14.5. The molecule has 14 nitrogen and oxygen atoms in total. The third kappa shape index (κ3) is 15.2. The summed E-state index contributed by atoms with van der Waals surface area (Å²) >= 11 is 0. The molecule has 0 saturated carbocycles. The molecule has 2 aromatic rings. The van der Waals surface area contributed by atoms with Gasteiger partial charge in [0.15, 0.2) is 0 Å². The minimum absolute atomic E-state index is 0.0378. The van der Waals surface area contributed by atoms with Crippen LogP contribution in [0.2, 0.25) is 0 Å². The Morgan fingerprint density at radius 3 is 2.11 bits per heavy atom. The Labute approximate surface area is 370 Å². The van der Waals surface area contributed by atoms with Gasteiger partial charge in [0.05, 0.1) is 62.1 Å². The Kier molecular flexibility index (Phi) is 21.5. The van der Waals surface area contributed by atoms with Crippen LogP contribution in [0.5, 0.6) is 0 Å². The number of carbonyl (C=O) groups excluding carboxylic acids is 3. The van der Waals surface area contributed by atoms with Gasteiger partial charge in [-0.05, 0) is 74.9 Å². The number of carboxylic acids is 1. The lowest BCUT2D eigenvalue weighted by Crippen LogP contribution is -2.54. The molecular weight excluding hydrogens is 789 g/mol. The molecule has 5 N–H and O–H groups in total. The van der Waals surface area contributed by atoms with Crippen LogP contribution < -0.4 is 16.4 Å². The van der Waals surface area contributed by atoms with Crippen molar-refractivity contribution in [1.29, 1.82) is 0 Å². The number of nitrogens with zero attached hydrogens (tertiary/aromatic N) is 3. The first-order valence-electron chi connectivity index (χ1n) is 22.2. The van der Waals surface area contributed by atoms with Gasteiger partial charge >= 0.3 is 5.97 Å². The second-order valence-electron chi connectivity index (χ2n) is 17.6. The van der Waals surface area contributed by atoms with Crippen molar-refractivity contribution in [2.45, 2.75) is 122 Å². The van der Waals surface area contributed by atoms with Gasteiger partial charge in [0.25, 0.3) is 0 Å². The first kappa shape index (κ1) is 52.0. The number of amides is 3. The Balaban J connectivity index is 1.64. The van der Waals surface area contributed by atoms with E-state index in [2.05, 4.69) is 49.8 Å². The molecule has 3 amide bonds. The molecule has 14 heteroatoms. The number of hydrogen-bond donors (Lipinski definition) is 4. The molecule has 0 aliphatic carbocycles. The van der Waals surface area contributed by atoms with Crippen LogP contribution in [0.25, 0.3) is 0 Å². The fourth-order valence-corrected chi connectivity index (χ4v) is 8.53. The Bertz CT molecular complexity index is 1710. The van der Waals surface area contributed by atoms with Crippen molar-refractivity contribution < 1.29 is 38.5 Å². The molecule has 1 saturated heterocycles. The molecule has 3 rings (SSSR count). The molecule has 346 valence electrons. The van der Waals surface area contributed by atoms with E-state index in [0.29, 0.717) is 25.9 Å². The monoisotopic (exact) mass is 865 g/mol. The van der Waals surface area contributed by atoms with E-state index in [1.165, 1.54) is 7.11 Å². The van der Waals surface area contributed by atoms with Gasteiger partial charge in [-0.2, -0.15) is 0 Å². The van der Waals surface area contributed by atoms with Crippen molar-refractivity contribution in [1.82, 2.24) is 25.3 Å². The van der Waals surface area contributed by atoms with Crippen LogP contribution in [0.4, 0.5) is 5.69 Å². The Morgan fingerprint density at radius 2 is 1.55 bits per heavy atom. The number of likely N-dealkylation sites (tertiary alicyclic amines) is 1. The molecule has 1 aliphatic heterocycles. The molecule has 0 spiro atoms. The number of aliphatic carboxylic acids is 1. The number of carboxylic acid groups (broad SMARTS) is 1. The van der Waals surface area contributed by atoms with Crippen molar-refractivity contribution in [3.8, 4) is 0 Å². The van der Waals surface area contributed by atoms with E-state index in [9.17, 15) is 24.3 Å². The summed E-state index contributed by atoms with van der Waals surface area (Å²) in [5, 5.41) is 15.9. The van der Waals surface area contributed by atoms with Crippen molar-refractivity contribution >= 4 is 29.4 Å². The number of nitrogens with two attached hydrogens (primary N) is 1. The fourth-order valence-electron chi connectivity index (χ4n) is 8.53. The predicted molar refractivity (Wildman–Crippen MR) is 244 cm³/mol. The first-order valence-corrected chi connectivity index (χ1v) is 22.2. The lowest BCUT2D eigenvalue weighted by Gasteiger charge is -2.38. The quantitative estimate of drug-likeness (QED) is 0.0540. The van der Waals surface area contributed by atoms with Crippen LogP contribution in [-0.2, 0) is 46.2 Å². The van der Waals surface area contributed by atoms with Crippen molar-refractivity contribution in [2.24, 2.45) is 17.8 Å². The third-order valence-electron chi connectivity index (χ3n) is 12.3. The molecule has 0 bridgehead atoms. The molecule has 0 radical (unpaired) electrons. The predicted octanol–water partition coefficient (Wildman–Crippen LogP) is 5.01. The van der Waals surface area contributed by atoms with E-state index in [4.69, 9.17) is 19.9 Å². The lowest BCUT2D eigenvalue weighted by molar-refractivity contribution is -0.145. The number of anilines is 1. The summed E-state index contributed by atoms with van der Waals surface area (Å²) in [4.78, 5) is 59.5. The SMILES string of the molecule is C=C(CC)[C@@H]([C@@H](CC(=O)N1CCCC1[C@H](OC)[C@@H](C)C(=O)N[C@@H](Cc1ccccc1)C(=O)O)OC)N(C)COC[C@@H](NC(=O)[C@H](C(C)C)N(C)CCc1ccc(N)cc1)C(C)C. The van der Waals surface area contributed by atoms with E-state index in [1.54, 1.807) is 18.9 Å². The number of ether oxygens (including phenoxy) is 3. The Hall–Kier alpha value is -4.34. The number of hydrogen-bond acceptors (Lipinski definition) is 10. The highest BCUT2D eigenvalue weighted by molar-refractivity contribution is 5.85. The zero-order valence-electron chi connectivity index (χ0n) is 39.0. The van der Waals surface area contributed by atoms with Crippen LogP contribution in [0.15, 0.2) is 66.7 Å². The molecule has 1 aliphatic rings. The third-order valence-corrected chi connectivity index (χ3v) is 12.3. The topological polar surface area (TPSA) is 176 Å². The van der Waals surface area contributed by atoms with E-state index >= 15 is 0 Å². The van der Waals surface area contributed by atoms with Gasteiger partial charge in [0, 0.05) is 39.4 Å². The lowest BCUT2D eigenvalue weighted by atomic mass is 9.93. The molecule has 62 heavy (non-hydrogen) atoms. The minimum Gasteiger partial charge on any atom is -0.480 e. The van der Waals surface area contributed by atoms with E-state index in [0.717, 1.165) is 35.2 Å². The van der Waals surface area contributed by atoms with Gasteiger partial charge in [-0.1, -0.05) is 96.2 Å². The number of nitrogen functional groups attached to an aromatic ring is 1. The van der Waals surface area contributed by atoms with Crippen LogP contribution >= 0.6 is 0 Å². The maximum Gasteiger partial charge on any atom is 0.326 e. The molecule has 1 fully saturated rings. The number of methoxy groups -OCH3 is 2. The second-order valence-corrected chi connectivity index (χ2v) is 17.6. The minimum atomic E-state index is -1.13. The van der Waals surface area contributed by atoms with Crippen LogP contribution in [-0.4, -0.2) is 141 Å². The summed E-state index contributed by atoms with van der Waals surface area (Å²) in [5.74, 6) is -2.29. The number of carbonyl (C=O) groups is 4. The van der Waals surface area contributed by atoms with Crippen molar-refractivity contribution in [3.63, 3.8) is 0 Å². The Morgan fingerprint density at radius 1 is 0.887 bits per heavy atom. The molecule has 8 atom stereocenters. The van der Waals surface area contributed by atoms with Crippen molar-refractivity contribution in [2.75, 3.05) is 60.5 Å². The highest BCUT2D eigenvalue weighted by atomic mass is 16.5. The highest BCUT2D eigenvalue weighted by Gasteiger charge is 2.42. The second kappa shape index (κ2) is 25.7. The largest absolute Gasteiger partial charge is 0.480 e. The fraction of sp³-hybridized carbons (Fsp3) is 0.625. The summed E-state index contributed by atoms with van der Waals surface area (Å²) in [6.45, 7) is 18.0. The van der Waals surface area contributed by atoms with Gasteiger partial charge in [0.1, 0.15) is 6.04 Å². The average molecular weight is 865 g/mol. The van der Waals surface area contributed by atoms with Gasteiger partial charge < -0.3 is 40.6 Å². The van der Waals surface area contributed by atoms with Crippen LogP contribution in [0.3, 0.4) is 0 Å². The zero-order valence-corrected chi connectivity index (χ0v) is 39.0. The summed E-state index contributed by atoms with van der Waals surface area (Å²) in [5.41, 5.74) is 9.43. The molecule has 2 aromatic carbocycles. The normalized spacial score (nSPS) is 17.7. The van der Waals surface area contributed by atoms with Gasteiger partial charge in [-0.3, -0.25) is 24.2 Å². The maximum absolute atomic E-state index is 14.2.